The summed E-state index contributed by atoms with van der Waals surface area (Å²) in [5.41, 5.74) is 15.7. The lowest BCUT2D eigenvalue weighted by Crippen LogP contribution is -2.56. The topological polar surface area (TPSA) is 376 Å². The van der Waals surface area contributed by atoms with Gasteiger partial charge in [0.05, 0.1) is 48.8 Å². The fourth-order valence-corrected chi connectivity index (χ4v) is 14.9. The van der Waals surface area contributed by atoms with E-state index in [0.29, 0.717) is 87.6 Å². The second kappa shape index (κ2) is 42.5. The van der Waals surface area contributed by atoms with Gasteiger partial charge in [-0.05, 0) is 215 Å². The minimum absolute atomic E-state index is 0.107. The predicted octanol–water partition coefficient (Wildman–Crippen LogP) is 10.6. The van der Waals surface area contributed by atoms with E-state index < -0.39 is 104 Å². The number of likely N-dealkylation sites (tertiary alicyclic amines) is 3. The first kappa shape index (κ1) is 95.0. The van der Waals surface area contributed by atoms with Gasteiger partial charge in [0.15, 0.2) is 17.5 Å². The number of nitrogens with two attached hydrogens (primary N) is 3. The number of carbonyl (C=O) groups is 9. The van der Waals surface area contributed by atoms with E-state index in [0.717, 1.165) is 68.1 Å². The maximum atomic E-state index is 14.0. The normalized spacial score (nSPS) is 15.9. The minimum Gasteiger partial charge on any atom is -0.374 e. The number of aryl methyl sites for hydroxylation is 2. The van der Waals surface area contributed by atoms with Crippen molar-refractivity contribution < 1.29 is 61.1 Å². The van der Waals surface area contributed by atoms with Crippen molar-refractivity contribution in [3.63, 3.8) is 0 Å². The highest BCUT2D eigenvalue weighted by Gasteiger charge is 2.45. The van der Waals surface area contributed by atoms with Gasteiger partial charge in [-0.3, -0.25) is 43.2 Å². The molecule has 3 aliphatic rings. The summed E-state index contributed by atoms with van der Waals surface area (Å²) < 4.78 is 52.0. The standard InChI is InChI=1S/C33H43FN6O3.C31H39FN6O3.C30H37FN6O4/c1-23-17-19-39(20-18-23)31(43)33(4,25-13-15-26(34)16-14-25)40-21-28(36-22-40)38-29(41)27(37-30(42)32(2,3)35)12-8-11-24-9-6-5-7-10-24;1-30(2,33)28(40)35-25(13-9-12-22-10-5-4-6-11-22)27(39)36-26-20-38(21-34-26)31(3,23-14-16-24(32)17-15-23)29(41)37-18-7-8-19-37;1-29(2,32)27(39)34-24(19-41-18-21-9-5-4-6-10-21)26(38)35-25-17-37(20-33-25)30(3,22-11-13-23(31)14-12-22)28(40)36-15-7-8-16-36/h5-7,9-10,13-16,21-23,27H,8,11-12,17-20,35H2,1-4H3,(H,37,42)(H,38,41);4-6,10-11,14-17,20-21,25H,7-9,12-13,18-19,33H2,1-3H3,(H,35,40)(H,36,39);4-6,9-14,17,20,24H,7-8,15-16,18-19,32H2,1-3H3,(H,34,39)(H,35,38). The van der Waals surface area contributed by atoms with Crippen LogP contribution in [-0.4, -0.2) is 177 Å². The van der Waals surface area contributed by atoms with Crippen LogP contribution >= 0.6 is 0 Å². The van der Waals surface area contributed by atoms with Crippen LogP contribution in [0, 0.1) is 23.4 Å². The lowest BCUT2D eigenvalue weighted by atomic mass is 9.88. The van der Waals surface area contributed by atoms with Gasteiger partial charge in [0.25, 0.3) is 23.6 Å². The zero-order valence-corrected chi connectivity index (χ0v) is 73.0. The Morgan fingerprint density at radius 3 is 0.984 bits per heavy atom. The molecule has 0 aliphatic carbocycles. The van der Waals surface area contributed by atoms with E-state index in [9.17, 15) is 56.3 Å². The summed E-state index contributed by atoms with van der Waals surface area (Å²) in [4.78, 5) is 138. The second-order valence-electron chi connectivity index (χ2n) is 34.7. The predicted molar refractivity (Wildman–Crippen MR) is 472 cm³/mol. The summed E-state index contributed by atoms with van der Waals surface area (Å²) in [5.74, 6) is -3.28. The Morgan fingerprint density at radius 1 is 0.400 bits per heavy atom. The molecule has 3 saturated heterocycles. The Balaban J connectivity index is 0.000000196. The molecular weight excluding hydrogens is 1600 g/mol. The number of nitrogens with one attached hydrogen (secondary N) is 6. The van der Waals surface area contributed by atoms with Crippen molar-refractivity contribution in [3.8, 4) is 0 Å². The van der Waals surface area contributed by atoms with Crippen molar-refractivity contribution >= 4 is 70.6 Å². The highest BCUT2D eigenvalue weighted by atomic mass is 19.1. The van der Waals surface area contributed by atoms with Crippen molar-refractivity contribution in [2.45, 2.75) is 204 Å². The Bertz CT molecular complexity index is 4880. The van der Waals surface area contributed by atoms with E-state index >= 15 is 0 Å². The number of ether oxygens (including phenoxy) is 1. The first-order chi connectivity index (χ1) is 59.3. The SMILES string of the molecule is CC(C)(N)C(=O)NC(CCCc1ccccc1)C(=O)Nc1cn(C(C)(C(=O)N2CCCC2)c2ccc(F)cc2)cn1.CC(C)(N)C(=O)NC(COCc1ccccc1)C(=O)Nc1cn(C(C)(C(=O)N2CCCC2)c2ccc(F)cc2)cn1.CC1CCN(C(=O)C(C)(c2ccc(F)cc2)n2cnc(NC(=O)C(CCCc3ccccc3)NC(=O)C(C)(C)N)c2)CC1. The van der Waals surface area contributed by atoms with Crippen LogP contribution in [-0.2, 0) is 84.0 Å². The average molecular weight is 1720 g/mol. The van der Waals surface area contributed by atoms with E-state index in [1.54, 1.807) is 127 Å². The van der Waals surface area contributed by atoms with Crippen LogP contribution in [0.5, 0.6) is 0 Å². The molecule has 12 rings (SSSR count). The van der Waals surface area contributed by atoms with Gasteiger partial charge >= 0.3 is 0 Å². The molecule has 6 heterocycles. The summed E-state index contributed by atoms with van der Waals surface area (Å²) in [6, 6.07) is 44.0. The van der Waals surface area contributed by atoms with Gasteiger partial charge in [-0.1, -0.05) is 134 Å². The number of hydrogen-bond donors (Lipinski definition) is 9. The first-order valence-electron chi connectivity index (χ1n) is 42.6. The average Bonchev–Trinajstić information content (AvgIpc) is 1.73. The smallest absolute Gasteiger partial charge is 0.253 e. The molecule has 0 bridgehead atoms. The van der Waals surface area contributed by atoms with Crippen molar-refractivity contribution in [3.05, 3.63) is 252 Å². The zero-order valence-electron chi connectivity index (χ0n) is 73.0. The molecule has 3 aromatic heterocycles. The zero-order chi connectivity index (χ0) is 90.4. The van der Waals surface area contributed by atoms with Gasteiger partial charge in [0.1, 0.15) is 52.2 Å². The lowest BCUT2D eigenvalue weighted by Gasteiger charge is -2.38. The molecule has 3 aliphatic heterocycles. The molecule has 9 amide bonds. The number of nitrogens with zero attached hydrogens (tertiary/aromatic N) is 9. The largest absolute Gasteiger partial charge is 0.374 e. The van der Waals surface area contributed by atoms with Gasteiger partial charge < -0.3 is 82.2 Å². The third kappa shape index (κ3) is 25.3. The summed E-state index contributed by atoms with van der Waals surface area (Å²) in [7, 11) is 0. The van der Waals surface area contributed by atoms with E-state index in [1.165, 1.54) is 69.2 Å². The highest BCUT2D eigenvalue weighted by Crippen LogP contribution is 2.36. The number of rotatable bonds is 33. The van der Waals surface area contributed by atoms with Crippen LogP contribution in [0.3, 0.4) is 0 Å². The van der Waals surface area contributed by atoms with Crippen LogP contribution in [0.2, 0.25) is 0 Å². The van der Waals surface area contributed by atoms with E-state index in [4.69, 9.17) is 21.9 Å². The molecule has 0 radical (unpaired) electrons. The molecule has 12 N–H and O–H groups in total. The fraction of sp³-hybridized carbons (Fsp3) is 0.426. The Labute approximate surface area is 728 Å². The number of carbonyl (C=O) groups excluding carboxylic acids is 9. The lowest BCUT2D eigenvalue weighted by molar-refractivity contribution is -0.139. The summed E-state index contributed by atoms with van der Waals surface area (Å²) in [6.45, 7) is 20.9. The Morgan fingerprint density at radius 2 is 0.680 bits per heavy atom. The molecule has 9 aromatic rings. The first-order valence-corrected chi connectivity index (χ1v) is 42.6. The second-order valence-corrected chi connectivity index (χ2v) is 34.7. The van der Waals surface area contributed by atoms with Gasteiger partial charge in [-0.25, -0.2) is 28.1 Å². The molecule has 28 nitrogen and oxygen atoms in total. The van der Waals surface area contributed by atoms with Gasteiger partial charge in [-0.2, -0.15) is 0 Å². The molecule has 125 heavy (non-hydrogen) atoms. The monoisotopic (exact) mass is 1720 g/mol. The van der Waals surface area contributed by atoms with Crippen LogP contribution in [0.15, 0.2) is 201 Å². The van der Waals surface area contributed by atoms with Crippen molar-refractivity contribution in [1.82, 2.24) is 59.3 Å². The molecular formula is C94H119F3N18O10. The van der Waals surface area contributed by atoms with Crippen molar-refractivity contribution in [1.29, 1.82) is 0 Å². The summed E-state index contributed by atoms with van der Waals surface area (Å²) in [5, 5.41) is 16.6. The number of piperidine rings is 1. The minimum atomic E-state index is -1.23. The maximum absolute atomic E-state index is 14.0. The van der Waals surface area contributed by atoms with Crippen LogP contribution < -0.4 is 49.1 Å². The highest BCUT2D eigenvalue weighted by molar-refractivity contribution is 6.00. The fourth-order valence-electron chi connectivity index (χ4n) is 14.9. The van der Waals surface area contributed by atoms with Gasteiger partial charge in [-0.15, -0.1) is 0 Å². The van der Waals surface area contributed by atoms with E-state index in [2.05, 4.69) is 53.8 Å². The van der Waals surface area contributed by atoms with Crippen LogP contribution in [0.4, 0.5) is 30.6 Å². The molecule has 3 fully saturated rings. The number of aromatic nitrogens is 6. The molecule has 0 spiro atoms. The number of amides is 9. The van der Waals surface area contributed by atoms with E-state index in [1.807, 2.05) is 95.9 Å². The number of hydrogen-bond acceptors (Lipinski definition) is 16. The summed E-state index contributed by atoms with van der Waals surface area (Å²) in [6.07, 6.45) is 18.3. The maximum Gasteiger partial charge on any atom is 0.253 e. The molecule has 0 saturated carbocycles. The van der Waals surface area contributed by atoms with Crippen LogP contribution in [0.1, 0.15) is 167 Å². The molecule has 666 valence electrons. The van der Waals surface area contributed by atoms with Crippen molar-refractivity contribution in [2.75, 3.05) is 61.8 Å². The van der Waals surface area contributed by atoms with Gasteiger partial charge in [0.2, 0.25) is 29.5 Å². The quantitative estimate of drug-likeness (QED) is 0.0185. The third-order valence-electron chi connectivity index (χ3n) is 23.0. The molecule has 6 atom stereocenters. The van der Waals surface area contributed by atoms with E-state index in [-0.39, 0.29) is 48.4 Å². The number of halogens is 3. The van der Waals surface area contributed by atoms with Crippen molar-refractivity contribution in [2.24, 2.45) is 23.1 Å². The van der Waals surface area contributed by atoms with Crippen LogP contribution in [0.25, 0.3) is 0 Å². The van der Waals surface area contributed by atoms with Gasteiger partial charge in [0, 0.05) is 57.9 Å². The third-order valence-corrected chi connectivity index (χ3v) is 23.0. The number of benzene rings is 6. The number of imidazole rings is 3. The number of anilines is 3. The Hall–Kier alpha value is -12.2. The summed E-state index contributed by atoms with van der Waals surface area (Å²) >= 11 is 0. The Kier molecular flexibility index (Phi) is 32.3. The molecule has 31 heteroatoms. The molecule has 6 aromatic carbocycles. The molecule has 6 unspecified atom stereocenters.